The molecule has 21 heavy (non-hydrogen) atoms. The molecular formula is C20H25S+. The molecule has 1 aliphatic carbocycles. The molecule has 3 rings (SSSR count). The molecule has 0 aliphatic heterocycles. The molecule has 0 atom stereocenters. The maximum Gasteiger partial charge on any atom is 0.160 e. The average Bonchev–Trinajstić information content (AvgIpc) is 2.58. The Bertz CT molecular complexity index is 475. The summed E-state index contributed by atoms with van der Waals surface area (Å²) in [7, 11) is 0.247. The summed E-state index contributed by atoms with van der Waals surface area (Å²) in [5, 5.41) is 0. The van der Waals surface area contributed by atoms with Crippen molar-refractivity contribution in [3.05, 3.63) is 60.7 Å². The van der Waals surface area contributed by atoms with Gasteiger partial charge in [0.25, 0.3) is 0 Å². The number of hydrogen-bond donors (Lipinski definition) is 0. The lowest BCUT2D eigenvalue weighted by Gasteiger charge is -2.21. The normalized spacial score (nSPS) is 16.2. The topological polar surface area (TPSA) is 0 Å². The molecule has 2 aromatic carbocycles. The highest BCUT2D eigenvalue weighted by Crippen LogP contribution is 2.30. The van der Waals surface area contributed by atoms with Crippen molar-refractivity contribution in [2.75, 3.05) is 5.75 Å². The van der Waals surface area contributed by atoms with Crippen LogP contribution in [0.2, 0.25) is 0 Å². The van der Waals surface area contributed by atoms with E-state index in [0.717, 1.165) is 5.92 Å². The van der Waals surface area contributed by atoms with E-state index in [2.05, 4.69) is 60.7 Å². The van der Waals surface area contributed by atoms with E-state index in [0.29, 0.717) is 0 Å². The lowest BCUT2D eigenvalue weighted by Crippen LogP contribution is -2.15. The molecular weight excluding hydrogens is 272 g/mol. The summed E-state index contributed by atoms with van der Waals surface area (Å²) >= 11 is 0. The Labute approximate surface area is 131 Å². The van der Waals surface area contributed by atoms with Gasteiger partial charge < -0.3 is 0 Å². The first-order valence-electron chi connectivity index (χ1n) is 8.24. The Morgan fingerprint density at radius 2 is 1.24 bits per heavy atom. The summed E-state index contributed by atoms with van der Waals surface area (Å²) in [6.45, 7) is 0. The van der Waals surface area contributed by atoms with Crippen LogP contribution in [-0.2, 0) is 10.9 Å². The van der Waals surface area contributed by atoms with Gasteiger partial charge in [0, 0.05) is 0 Å². The molecule has 0 radical (unpaired) electrons. The predicted octanol–water partition coefficient (Wildman–Crippen LogP) is 5.69. The minimum atomic E-state index is 0.247. The van der Waals surface area contributed by atoms with Gasteiger partial charge in [-0.05, 0) is 36.6 Å². The van der Waals surface area contributed by atoms with Crippen LogP contribution < -0.4 is 0 Å². The molecule has 0 saturated heterocycles. The first-order valence-corrected chi connectivity index (χ1v) is 9.64. The standard InChI is InChI=1S/C20H25S/c1-4-10-18(11-5-1)16-17-21(19-12-6-2-7-13-19)20-14-8-3-9-15-20/h2-3,6-9,12-15,18H,1,4-5,10-11,16-17H2/q+1. The Hall–Kier alpha value is -1.21. The van der Waals surface area contributed by atoms with Gasteiger partial charge in [-0.25, -0.2) is 0 Å². The molecule has 1 aliphatic rings. The van der Waals surface area contributed by atoms with Crippen molar-refractivity contribution >= 4 is 10.9 Å². The minimum absolute atomic E-state index is 0.247. The van der Waals surface area contributed by atoms with E-state index < -0.39 is 0 Å². The average molecular weight is 297 g/mol. The first-order chi connectivity index (χ1) is 10.4. The van der Waals surface area contributed by atoms with Gasteiger partial charge in [0.2, 0.25) is 0 Å². The zero-order valence-electron chi connectivity index (χ0n) is 12.7. The second kappa shape index (κ2) is 7.70. The van der Waals surface area contributed by atoms with E-state index in [1.807, 2.05) is 0 Å². The zero-order valence-corrected chi connectivity index (χ0v) is 13.5. The lowest BCUT2D eigenvalue weighted by atomic mass is 9.88. The van der Waals surface area contributed by atoms with Crippen molar-refractivity contribution in [1.82, 2.24) is 0 Å². The second-order valence-electron chi connectivity index (χ2n) is 6.01. The fourth-order valence-electron chi connectivity index (χ4n) is 3.30. The smallest absolute Gasteiger partial charge is 0.0619 e. The Morgan fingerprint density at radius 1 is 0.714 bits per heavy atom. The molecule has 1 fully saturated rings. The van der Waals surface area contributed by atoms with Crippen LogP contribution in [0.5, 0.6) is 0 Å². The second-order valence-corrected chi connectivity index (χ2v) is 8.15. The summed E-state index contributed by atoms with van der Waals surface area (Å²) < 4.78 is 0. The molecule has 2 aromatic rings. The van der Waals surface area contributed by atoms with Gasteiger partial charge in [-0.3, -0.25) is 0 Å². The van der Waals surface area contributed by atoms with Gasteiger partial charge in [0.15, 0.2) is 9.79 Å². The summed E-state index contributed by atoms with van der Waals surface area (Å²) in [5.74, 6) is 2.29. The maximum absolute atomic E-state index is 2.30. The highest BCUT2D eigenvalue weighted by molar-refractivity contribution is 7.97. The summed E-state index contributed by atoms with van der Waals surface area (Å²) in [6.07, 6.45) is 8.68. The SMILES string of the molecule is c1ccc([S+](CCC2CCCCC2)c2ccccc2)cc1. The molecule has 1 heteroatoms. The lowest BCUT2D eigenvalue weighted by molar-refractivity contribution is 0.351. The van der Waals surface area contributed by atoms with Crippen LogP contribution >= 0.6 is 0 Å². The molecule has 0 bridgehead atoms. The Morgan fingerprint density at radius 3 is 1.76 bits per heavy atom. The van der Waals surface area contributed by atoms with E-state index in [9.17, 15) is 0 Å². The van der Waals surface area contributed by atoms with Crippen LogP contribution in [0.15, 0.2) is 70.5 Å². The van der Waals surface area contributed by atoms with Gasteiger partial charge in [-0.15, -0.1) is 0 Å². The summed E-state index contributed by atoms with van der Waals surface area (Å²) in [6, 6.07) is 22.2. The zero-order chi connectivity index (χ0) is 14.3. The van der Waals surface area contributed by atoms with Gasteiger partial charge >= 0.3 is 0 Å². The molecule has 1 saturated carbocycles. The first kappa shape index (κ1) is 14.7. The summed E-state index contributed by atoms with van der Waals surface area (Å²) in [4.78, 5) is 3.00. The Kier molecular flexibility index (Phi) is 5.40. The number of benzene rings is 2. The Balaban J connectivity index is 1.73. The van der Waals surface area contributed by atoms with Crippen LogP contribution in [-0.4, -0.2) is 5.75 Å². The van der Waals surface area contributed by atoms with Gasteiger partial charge in [0.1, 0.15) is 5.75 Å². The largest absolute Gasteiger partial charge is 0.160 e. The molecule has 0 amide bonds. The molecule has 0 unspecified atom stereocenters. The molecule has 0 aromatic heterocycles. The third-order valence-electron chi connectivity index (χ3n) is 4.51. The van der Waals surface area contributed by atoms with Crippen molar-refractivity contribution in [3.63, 3.8) is 0 Å². The van der Waals surface area contributed by atoms with Gasteiger partial charge in [0.05, 0.1) is 10.9 Å². The number of rotatable bonds is 5. The maximum atomic E-state index is 2.30. The van der Waals surface area contributed by atoms with Crippen molar-refractivity contribution < 1.29 is 0 Å². The molecule has 0 N–H and O–H groups in total. The van der Waals surface area contributed by atoms with Crippen LogP contribution in [0.25, 0.3) is 0 Å². The predicted molar refractivity (Wildman–Crippen MR) is 92.8 cm³/mol. The van der Waals surface area contributed by atoms with Crippen LogP contribution in [0, 0.1) is 5.92 Å². The van der Waals surface area contributed by atoms with Crippen LogP contribution in [0.1, 0.15) is 38.5 Å². The fraction of sp³-hybridized carbons (Fsp3) is 0.400. The number of hydrogen-bond acceptors (Lipinski definition) is 0. The minimum Gasteiger partial charge on any atom is -0.0619 e. The quantitative estimate of drug-likeness (QED) is 0.622. The van der Waals surface area contributed by atoms with Crippen molar-refractivity contribution in [1.29, 1.82) is 0 Å². The third kappa shape index (κ3) is 4.14. The summed E-state index contributed by atoms with van der Waals surface area (Å²) in [5.41, 5.74) is 0. The van der Waals surface area contributed by atoms with Crippen molar-refractivity contribution in [2.45, 2.75) is 48.3 Å². The van der Waals surface area contributed by atoms with E-state index in [1.165, 1.54) is 54.1 Å². The highest BCUT2D eigenvalue weighted by atomic mass is 32.2. The van der Waals surface area contributed by atoms with E-state index in [4.69, 9.17) is 0 Å². The molecule has 110 valence electrons. The van der Waals surface area contributed by atoms with Gasteiger partial charge in [-0.2, -0.15) is 0 Å². The highest BCUT2D eigenvalue weighted by Gasteiger charge is 2.26. The van der Waals surface area contributed by atoms with E-state index in [1.54, 1.807) is 0 Å². The van der Waals surface area contributed by atoms with Crippen LogP contribution in [0.4, 0.5) is 0 Å². The third-order valence-corrected chi connectivity index (χ3v) is 6.84. The monoisotopic (exact) mass is 297 g/mol. The van der Waals surface area contributed by atoms with E-state index in [-0.39, 0.29) is 10.9 Å². The van der Waals surface area contributed by atoms with Crippen molar-refractivity contribution in [3.8, 4) is 0 Å². The van der Waals surface area contributed by atoms with Crippen molar-refractivity contribution in [2.24, 2.45) is 5.92 Å². The van der Waals surface area contributed by atoms with Crippen LogP contribution in [0.3, 0.4) is 0 Å². The van der Waals surface area contributed by atoms with E-state index >= 15 is 0 Å². The molecule has 0 heterocycles. The molecule has 0 nitrogen and oxygen atoms in total. The fourth-order valence-corrected chi connectivity index (χ4v) is 5.59. The molecule has 0 spiro atoms. The van der Waals surface area contributed by atoms with Gasteiger partial charge in [-0.1, -0.05) is 68.5 Å².